The van der Waals surface area contributed by atoms with Crippen molar-refractivity contribution in [3.63, 3.8) is 0 Å². The van der Waals surface area contributed by atoms with Gasteiger partial charge in [-0.15, -0.1) is 10.2 Å². The number of nitrogens with one attached hydrogen (secondary N) is 1. The highest BCUT2D eigenvalue weighted by molar-refractivity contribution is 8.00. The summed E-state index contributed by atoms with van der Waals surface area (Å²) < 4.78 is 7.36. The molecular formula is C29H32N4O2S. The average Bonchev–Trinajstić information content (AvgIpc) is 3.30. The summed E-state index contributed by atoms with van der Waals surface area (Å²) in [4.78, 5) is 13.5. The first-order valence-electron chi connectivity index (χ1n) is 12.0. The fourth-order valence-corrected chi connectivity index (χ4v) is 5.01. The van der Waals surface area contributed by atoms with E-state index in [1.54, 1.807) is 13.2 Å². The summed E-state index contributed by atoms with van der Waals surface area (Å²) in [5, 5.41) is 12.2. The molecule has 0 aliphatic carbocycles. The molecule has 0 bridgehead atoms. The first-order chi connectivity index (χ1) is 17.3. The summed E-state index contributed by atoms with van der Waals surface area (Å²) in [7, 11) is 1.61. The van der Waals surface area contributed by atoms with Crippen molar-refractivity contribution in [1.29, 1.82) is 0 Å². The van der Waals surface area contributed by atoms with E-state index in [1.165, 1.54) is 17.3 Å². The topological polar surface area (TPSA) is 69.0 Å². The van der Waals surface area contributed by atoms with Gasteiger partial charge in [0.05, 0.1) is 7.11 Å². The van der Waals surface area contributed by atoms with E-state index in [0.29, 0.717) is 23.1 Å². The highest BCUT2D eigenvalue weighted by Crippen LogP contribution is 2.37. The van der Waals surface area contributed by atoms with Gasteiger partial charge in [-0.1, -0.05) is 93.2 Å². The SMILES string of the molecule is CCn1c(S[C@H](C(=O)Nc2cccc(OC)c2)c2ccccc2)nnc1-c1ccc(C(C)(C)C)cc1. The molecule has 0 spiro atoms. The van der Waals surface area contributed by atoms with Gasteiger partial charge in [0, 0.05) is 23.9 Å². The van der Waals surface area contributed by atoms with Crippen molar-refractivity contribution in [3.05, 3.63) is 90.0 Å². The summed E-state index contributed by atoms with van der Waals surface area (Å²) in [5.41, 5.74) is 3.92. The molecule has 4 aromatic rings. The van der Waals surface area contributed by atoms with E-state index in [0.717, 1.165) is 17.0 Å². The molecule has 1 aromatic heterocycles. The summed E-state index contributed by atoms with van der Waals surface area (Å²) in [6, 6.07) is 25.6. The van der Waals surface area contributed by atoms with Crippen molar-refractivity contribution < 1.29 is 9.53 Å². The van der Waals surface area contributed by atoms with Gasteiger partial charge >= 0.3 is 0 Å². The number of hydrogen-bond donors (Lipinski definition) is 1. The third-order valence-corrected chi connectivity index (χ3v) is 7.18. The molecule has 4 rings (SSSR count). The molecule has 6 nitrogen and oxygen atoms in total. The smallest absolute Gasteiger partial charge is 0.242 e. The van der Waals surface area contributed by atoms with Crippen LogP contribution in [0.1, 0.15) is 44.1 Å². The van der Waals surface area contributed by atoms with Crippen LogP contribution in [-0.4, -0.2) is 27.8 Å². The largest absolute Gasteiger partial charge is 0.497 e. The van der Waals surface area contributed by atoms with Crippen LogP contribution in [0.4, 0.5) is 5.69 Å². The zero-order valence-corrected chi connectivity index (χ0v) is 22.2. The molecule has 1 heterocycles. The van der Waals surface area contributed by atoms with Gasteiger partial charge < -0.3 is 14.6 Å². The predicted octanol–water partition coefficient (Wildman–Crippen LogP) is 6.74. The van der Waals surface area contributed by atoms with Gasteiger partial charge in [-0.2, -0.15) is 0 Å². The highest BCUT2D eigenvalue weighted by atomic mass is 32.2. The van der Waals surface area contributed by atoms with E-state index < -0.39 is 5.25 Å². The van der Waals surface area contributed by atoms with E-state index in [1.807, 2.05) is 48.5 Å². The van der Waals surface area contributed by atoms with Crippen LogP contribution in [0.5, 0.6) is 5.75 Å². The van der Waals surface area contributed by atoms with Crippen LogP contribution in [0.15, 0.2) is 84.0 Å². The van der Waals surface area contributed by atoms with Crippen molar-refractivity contribution in [2.24, 2.45) is 0 Å². The quantitative estimate of drug-likeness (QED) is 0.271. The summed E-state index contributed by atoms with van der Waals surface area (Å²) >= 11 is 1.40. The molecule has 0 aliphatic heterocycles. The average molecular weight is 501 g/mol. The van der Waals surface area contributed by atoms with Crippen molar-refractivity contribution in [1.82, 2.24) is 14.8 Å². The summed E-state index contributed by atoms with van der Waals surface area (Å²) in [5.74, 6) is 1.34. The molecule has 0 unspecified atom stereocenters. The van der Waals surface area contributed by atoms with Crippen molar-refractivity contribution >= 4 is 23.4 Å². The zero-order chi connectivity index (χ0) is 25.7. The number of ether oxygens (including phenoxy) is 1. The second-order valence-corrected chi connectivity index (χ2v) is 10.6. The van der Waals surface area contributed by atoms with Crippen molar-refractivity contribution in [3.8, 4) is 17.1 Å². The molecule has 0 saturated carbocycles. The molecule has 0 aliphatic rings. The minimum Gasteiger partial charge on any atom is -0.497 e. The van der Waals surface area contributed by atoms with E-state index in [2.05, 4.69) is 72.0 Å². The van der Waals surface area contributed by atoms with Gasteiger partial charge in [0.25, 0.3) is 0 Å². The van der Waals surface area contributed by atoms with Crippen LogP contribution in [0.3, 0.4) is 0 Å². The number of benzene rings is 3. The minimum atomic E-state index is -0.511. The highest BCUT2D eigenvalue weighted by Gasteiger charge is 2.26. The Morgan fingerprint density at radius 3 is 2.36 bits per heavy atom. The maximum atomic E-state index is 13.5. The van der Waals surface area contributed by atoms with Crippen LogP contribution in [0.25, 0.3) is 11.4 Å². The van der Waals surface area contributed by atoms with Crippen molar-refractivity contribution in [2.45, 2.75) is 50.1 Å². The van der Waals surface area contributed by atoms with Crippen LogP contribution in [0.2, 0.25) is 0 Å². The Bertz CT molecular complexity index is 1310. The lowest BCUT2D eigenvalue weighted by Gasteiger charge is -2.19. The molecule has 0 fully saturated rings. The standard InChI is InChI=1S/C29H32N4O2S/c1-6-33-26(21-15-17-22(18-16-21)29(2,3)4)31-32-28(33)36-25(20-11-8-7-9-12-20)27(34)30-23-13-10-14-24(19-23)35-5/h7-19,25H,6H2,1-5H3,(H,30,34)/t25-/m0/s1. The second-order valence-electron chi connectivity index (χ2n) is 9.51. The number of carbonyl (C=O) groups excluding carboxylic acids is 1. The van der Waals surface area contributed by atoms with Gasteiger partial charge in [-0.25, -0.2) is 0 Å². The van der Waals surface area contributed by atoms with Gasteiger partial charge in [0.1, 0.15) is 11.0 Å². The molecule has 0 saturated heterocycles. The van der Waals surface area contributed by atoms with Crippen LogP contribution >= 0.6 is 11.8 Å². The van der Waals surface area contributed by atoms with Crippen LogP contribution in [-0.2, 0) is 16.8 Å². The molecule has 7 heteroatoms. The molecule has 186 valence electrons. The number of hydrogen-bond acceptors (Lipinski definition) is 5. The van der Waals surface area contributed by atoms with Gasteiger partial charge in [0.2, 0.25) is 5.91 Å². The minimum absolute atomic E-state index is 0.0804. The Morgan fingerprint density at radius 2 is 1.72 bits per heavy atom. The van der Waals surface area contributed by atoms with Gasteiger partial charge in [-0.05, 0) is 35.6 Å². The van der Waals surface area contributed by atoms with Crippen molar-refractivity contribution in [2.75, 3.05) is 12.4 Å². The number of carbonyl (C=O) groups is 1. The fraction of sp³-hybridized carbons (Fsp3) is 0.276. The third kappa shape index (κ3) is 5.79. The second kappa shape index (κ2) is 11.0. The number of methoxy groups -OCH3 is 1. The van der Waals surface area contributed by atoms with E-state index in [4.69, 9.17) is 4.74 Å². The van der Waals surface area contributed by atoms with E-state index in [-0.39, 0.29) is 11.3 Å². The Kier molecular flexibility index (Phi) is 7.79. The predicted molar refractivity (Wildman–Crippen MR) is 146 cm³/mol. The molecular weight excluding hydrogens is 468 g/mol. The number of aromatic nitrogens is 3. The van der Waals surface area contributed by atoms with Crippen LogP contribution in [0, 0.1) is 0 Å². The molecule has 1 amide bonds. The monoisotopic (exact) mass is 500 g/mol. The Hall–Kier alpha value is -3.58. The Balaban J connectivity index is 1.64. The lowest BCUT2D eigenvalue weighted by Crippen LogP contribution is -2.19. The lowest BCUT2D eigenvalue weighted by atomic mass is 9.87. The summed E-state index contributed by atoms with van der Waals surface area (Å²) in [6.07, 6.45) is 0. The molecule has 1 N–H and O–H groups in total. The maximum absolute atomic E-state index is 13.5. The van der Waals surface area contributed by atoms with E-state index in [9.17, 15) is 4.79 Å². The summed E-state index contributed by atoms with van der Waals surface area (Å²) in [6.45, 7) is 9.35. The zero-order valence-electron chi connectivity index (χ0n) is 21.4. The number of thioether (sulfide) groups is 1. The number of amides is 1. The number of rotatable bonds is 8. The Morgan fingerprint density at radius 1 is 1.00 bits per heavy atom. The normalized spacial score (nSPS) is 12.2. The first kappa shape index (κ1) is 25.5. The number of anilines is 1. The molecule has 3 aromatic carbocycles. The van der Waals surface area contributed by atoms with E-state index >= 15 is 0 Å². The molecule has 36 heavy (non-hydrogen) atoms. The van der Waals surface area contributed by atoms with Gasteiger partial charge in [0.15, 0.2) is 11.0 Å². The van der Waals surface area contributed by atoms with Crippen LogP contribution < -0.4 is 10.1 Å². The number of nitrogens with zero attached hydrogens (tertiary/aromatic N) is 3. The lowest BCUT2D eigenvalue weighted by molar-refractivity contribution is -0.115. The Labute approximate surface area is 217 Å². The maximum Gasteiger partial charge on any atom is 0.242 e. The molecule has 0 radical (unpaired) electrons. The van der Waals surface area contributed by atoms with Gasteiger partial charge in [-0.3, -0.25) is 4.79 Å². The third-order valence-electron chi connectivity index (χ3n) is 5.94. The first-order valence-corrected chi connectivity index (χ1v) is 12.9. The molecule has 1 atom stereocenters. The fourth-order valence-electron chi connectivity index (χ4n) is 3.91.